The zero-order valence-electron chi connectivity index (χ0n) is 15.7. The third-order valence-electron chi connectivity index (χ3n) is 4.44. The first-order chi connectivity index (χ1) is 14.5. The average Bonchev–Trinajstić information content (AvgIpc) is 3.08. The molecule has 2 heterocycles. The molecule has 1 amide bonds. The van der Waals surface area contributed by atoms with Gasteiger partial charge in [0.2, 0.25) is 0 Å². The van der Waals surface area contributed by atoms with Gasteiger partial charge in [0.05, 0.1) is 27.1 Å². The first kappa shape index (κ1) is 19.7. The summed E-state index contributed by atoms with van der Waals surface area (Å²) in [6, 6.07) is 12.2. The molecule has 4 rings (SSSR count). The minimum absolute atomic E-state index is 0.0546. The maximum Gasteiger partial charge on any atom is 0.315 e. The number of non-ortho nitro benzene ring substituents is 1. The standard InChI is InChI=1S/C20H15N3O6S/c1-28-9-8-22-14-7-6-12(23(26)27)10-18(14)30-20(22)21-19(25)17-11-15(24)13-4-2-3-5-16(13)29-17/h2-7,10-11H,8-9H2,1H3. The molecule has 0 atom stereocenters. The van der Waals surface area contributed by atoms with Crippen LogP contribution in [0.3, 0.4) is 0 Å². The zero-order valence-corrected chi connectivity index (χ0v) is 16.5. The SMILES string of the molecule is COCCn1c(=NC(=O)c2cc(=O)c3ccccc3o2)sc2cc([N+](=O)[O-])ccc21. The van der Waals surface area contributed by atoms with E-state index in [1.165, 1.54) is 12.1 Å². The third kappa shape index (κ3) is 3.65. The highest BCUT2D eigenvalue weighted by Gasteiger charge is 2.15. The minimum Gasteiger partial charge on any atom is -0.451 e. The number of hydrogen-bond acceptors (Lipinski definition) is 7. The van der Waals surface area contributed by atoms with Gasteiger partial charge in [-0.25, -0.2) is 0 Å². The van der Waals surface area contributed by atoms with Gasteiger partial charge in [-0.3, -0.25) is 19.7 Å². The van der Waals surface area contributed by atoms with Gasteiger partial charge < -0.3 is 13.7 Å². The molecule has 0 N–H and O–H groups in total. The Bertz CT molecular complexity index is 1420. The van der Waals surface area contributed by atoms with Crippen molar-refractivity contribution in [1.29, 1.82) is 0 Å². The van der Waals surface area contributed by atoms with Gasteiger partial charge in [0, 0.05) is 31.9 Å². The lowest BCUT2D eigenvalue weighted by Crippen LogP contribution is -2.19. The molecule has 0 aliphatic heterocycles. The van der Waals surface area contributed by atoms with Gasteiger partial charge in [-0.05, 0) is 18.2 Å². The van der Waals surface area contributed by atoms with E-state index >= 15 is 0 Å². The van der Waals surface area contributed by atoms with Crippen LogP contribution in [0.4, 0.5) is 5.69 Å². The predicted molar refractivity (Wildman–Crippen MR) is 111 cm³/mol. The molecule has 0 aliphatic rings. The molecule has 0 aliphatic carbocycles. The highest BCUT2D eigenvalue weighted by molar-refractivity contribution is 7.16. The lowest BCUT2D eigenvalue weighted by molar-refractivity contribution is -0.384. The number of rotatable bonds is 5. The van der Waals surface area contributed by atoms with Crippen molar-refractivity contribution in [3.63, 3.8) is 0 Å². The van der Waals surface area contributed by atoms with Gasteiger partial charge in [0.1, 0.15) is 5.58 Å². The van der Waals surface area contributed by atoms with Crippen LogP contribution in [-0.2, 0) is 11.3 Å². The number of nitro groups is 1. The Morgan fingerprint density at radius 2 is 2.07 bits per heavy atom. The van der Waals surface area contributed by atoms with Crippen LogP contribution in [0.2, 0.25) is 0 Å². The first-order valence-corrected chi connectivity index (χ1v) is 9.68. The molecule has 9 nitrogen and oxygen atoms in total. The van der Waals surface area contributed by atoms with E-state index in [1.807, 2.05) is 0 Å². The molecule has 0 saturated heterocycles. The van der Waals surface area contributed by atoms with Gasteiger partial charge >= 0.3 is 5.91 Å². The van der Waals surface area contributed by atoms with Gasteiger partial charge in [-0.15, -0.1) is 0 Å². The van der Waals surface area contributed by atoms with Crippen LogP contribution in [0.25, 0.3) is 21.2 Å². The van der Waals surface area contributed by atoms with Gasteiger partial charge in [-0.1, -0.05) is 23.5 Å². The van der Waals surface area contributed by atoms with E-state index in [4.69, 9.17) is 9.15 Å². The fraction of sp³-hybridized carbons (Fsp3) is 0.150. The molecular formula is C20H15N3O6S. The molecule has 0 spiro atoms. The Hall–Kier alpha value is -3.63. The van der Waals surface area contributed by atoms with E-state index in [0.717, 1.165) is 17.4 Å². The molecule has 0 unspecified atom stereocenters. The third-order valence-corrected chi connectivity index (χ3v) is 5.48. The van der Waals surface area contributed by atoms with E-state index < -0.39 is 10.8 Å². The number of thiazole rings is 1. The summed E-state index contributed by atoms with van der Waals surface area (Å²) in [7, 11) is 1.55. The second-order valence-corrected chi connectivity index (χ2v) is 7.34. The molecule has 2 aromatic carbocycles. The van der Waals surface area contributed by atoms with Crippen molar-refractivity contribution >= 4 is 44.1 Å². The van der Waals surface area contributed by atoms with Crippen molar-refractivity contribution < 1.29 is 18.9 Å². The summed E-state index contributed by atoms with van der Waals surface area (Å²) < 4.78 is 13.0. The summed E-state index contributed by atoms with van der Waals surface area (Å²) >= 11 is 1.13. The molecule has 2 aromatic heterocycles. The topological polar surface area (TPSA) is 117 Å². The van der Waals surface area contributed by atoms with Gasteiger partial charge in [0.15, 0.2) is 16.0 Å². The molecule has 30 heavy (non-hydrogen) atoms. The van der Waals surface area contributed by atoms with Crippen LogP contribution < -0.4 is 10.2 Å². The number of benzene rings is 2. The average molecular weight is 425 g/mol. The lowest BCUT2D eigenvalue weighted by Gasteiger charge is -2.04. The highest BCUT2D eigenvalue weighted by atomic mass is 32.1. The predicted octanol–water partition coefficient (Wildman–Crippen LogP) is 3.10. The van der Waals surface area contributed by atoms with E-state index in [1.54, 1.807) is 42.0 Å². The van der Waals surface area contributed by atoms with E-state index in [2.05, 4.69) is 4.99 Å². The summed E-state index contributed by atoms with van der Waals surface area (Å²) in [5.74, 6) is -0.898. The van der Waals surface area contributed by atoms with Gasteiger partial charge in [0.25, 0.3) is 5.69 Å². The Morgan fingerprint density at radius 1 is 1.27 bits per heavy atom. The number of para-hydroxylation sites is 1. The second-order valence-electron chi connectivity index (χ2n) is 6.33. The van der Waals surface area contributed by atoms with Crippen molar-refractivity contribution in [2.24, 2.45) is 4.99 Å². The number of carbonyl (C=O) groups is 1. The number of nitro benzene ring substituents is 1. The number of methoxy groups -OCH3 is 1. The van der Waals surface area contributed by atoms with E-state index in [9.17, 15) is 19.7 Å². The summed E-state index contributed by atoms with van der Waals surface area (Å²) in [6.07, 6.45) is 0. The molecule has 10 heteroatoms. The summed E-state index contributed by atoms with van der Waals surface area (Å²) in [6.45, 7) is 0.747. The molecular weight excluding hydrogens is 410 g/mol. The fourth-order valence-electron chi connectivity index (χ4n) is 3.01. The van der Waals surface area contributed by atoms with Crippen molar-refractivity contribution in [2.75, 3.05) is 13.7 Å². The number of fused-ring (bicyclic) bond motifs is 2. The number of ether oxygens (including phenoxy) is 1. The summed E-state index contributed by atoms with van der Waals surface area (Å²) in [5, 5.41) is 11.4. The zero-order chi connectivity index (χ0) is 21.3. The Morgan fingerprint density at radius 3 is 2.83 bits per heavy atom. The number of carbonyl (C=O) groups excluding carboxylic acids is 1. The van der Waals surface area contributed by atoms with Crippen molar-refractivity contribution in [1.82, 2.24) is 4.57 Å². The second kappa shape index (κ2) is 8.01. The number of amides is 1. The molecule has 4 aromatic rings. The molecule has 0 saturated carbocycles. The number of hydrogen-bond donors (Lipinski definition) is 0. The van der Waals surface area contributed by atoms with Crippen LogP contribution >= 0.6 is 11.3 Å². The quantitative estimate of drug-likeness (QED) is 0.358. The first-order valence-electron chi connectivity index (χ1n) is 8.86. The van der Waals surface area contributed by atoms with Crippen LogP contribution in [0.15, 0.2) is 62.7 Å². The van der Waals surface area contributed by atoms with Crippen molar-refractivity contribution in [2.45, 2.75) is 6.54 Å². The van der Waals surface area contributed by atoms with Crippen LogP contribution in [0.1, 0.15) is 10.6 Å². The Kier molecular flexibility index (Phi) is 5.25. The maximum absolute atomic E-state index is 12.7. The maximum atomic E-state index is 12.7. The van der Waals surface area contributed by atoms with Crippen molar-refractivity contribution in [3.05, 3.63) is 79.4 Å². The van der Waals surface area contributed by atoms with E-state index in [-0.39, 0.29) is 16.9 Å². The largest absolute Gasteiger partial charge is 0.451 e. The Labute approximate surface area is 172 Å². The molecule has 0 radical (unpaired) electrons. The summed E-state index contributed by atoms with van der Waals surface area (Å²) in [5.41, 5.74) is 0.590. The lowest BCUT2D eigenvalue weighted by atomic mass is 10.2. The monoisotopic (exact) mass is 425 g/mol. The molecule has 0 bridgehead atoms. The number of nitrogens with zero attached hydrogens (tertiary/aromatic N) is 3. The normalized spacial score (nSPS) is 12.0. The molecule has 152 valence electrons. The number of aromatic nitrogens is 1. The molecule has 0 fully saturated rings. The fourth-order valence-corrected chi connectivity index (χ4v) is 4.10. The van der Waals surface area contributed by atoms with Crippen molar-refractivity contribution in [3.8, 4) is 0 Å². The van der Waals surface area contributed by atoms with Crippen LogP contribution in [0.5, 0.6) is 0 Å². The van der Waals surface area contributed by atoms with Crippen LogP contribution in [-0.4, -0.2) is 29.1 Å². The minimum atomic E-state index is -0.718. The Balaban J connectivity index is 1.85. The smallest absolute Gasteiger partial charge is 0.315 e. The van der Waals surface area contributed by atoms with Crippen LogP contribution in [0, 0.1) is 10.1 Å². The highest BCUT2D eigenvalue weighted by Crippen LogP contribution is 2.23. The van der Waals surface area contributed by atoms with E-state index in [0.29, 0.717) is 39.1 Å². The van der Waals surface area contributed by atoms with Gasteiger partial charge in [-0.2, -0.15) is 4.99 Å². The summed E-state index contributed by atoms with van der Waals surface area (Å²) in [4.78, 5) is 40.1.